The number of carboxylic acid groups (broad SMARTS) is 1. The molecule has 1 N–H and O–H groups in total. The predicted molar refractivity (Wildman–Crippen MR) is 60.0 cm³/mol. The highest BCUT2D eigenvalue weighted by molar-refractivity contribution is 5.87. The van der Waals surface area contributed by atoms with Crippen molar-refractivity contribution in [3.05, 3.63) is 28.8 Å². The number of hydrogen-bond acceptors (Lipinski definition) is 3. The monoisotopic (exact) mass is 234 g/mol. The van der Waals surface area contributed by atoms with Gasteiger partial charge in [0, 0.05) is 5.56 Å². The van der Waals surface area contributed by atoms with Crippen LogP contribution in [-0.2, 0) is 28.2 Å². The van der Waals surface area contributed by atoms with E-state index in [1.807, 2.05) is 12.1 Å². The highest BCUT2D eigenvalue weighted by Gasteiger charge is 2.55. The molecule has 3 rings (SSSR count). The summed E-state index contributed by atoms with van der Waals surface area (Å²) in [6, 6.07) is 3.81. The van der Waals surface area contributed by atoms with Crippen molar-refractivity contribution < 1.29 is 19.4 Å². The SMILES string of the molecule is COc1ccc2c(c1C1(C(=O)O)CC1)COC2. The topological polar surface area (TPSA) is 55.8 Å². The number of benzene rings is 1. The molecule has 1 fully saturated rings. The zero-order valence-corrected chi connectivity index (χ0v) is 9.66. The Labute approximate surface area is 99.2 Å². The van der Waals surface area contributed by atoms with Gasteiger partial charge >= 0.3 is 5.97 Å². The van der Waals surface area contributed by atoms with Gasteiger partial charge in [-0.1, -0.05) is 6.07 Å². The fourth-order valence-electron chi connectivity index (χ4n) is 2.62. The van der Waals surface area contributed by atoms with Gasteiger partial charge in [-0.05, 0) is 30.0 Å². The molecule has 2 aliphatic rings. The Hall–Kier alpha value is -1.55. The van der Waals surface area contributed by atoms with Crippen LogP contribution in [0.5, 0.6) is 5.75 Å². The third-order valence-electron chi connectivity index (χ3n) is 3.73. The molecule has 0 aromatic heterocycles. The van der Waals surface area contributed by atoms with Crippen molar-refractivity contribution >= 4 is 5.97 Å². The zero-order chi connectivity index (χ0) is 12.0. The summed E-state index contributed by atoms with van der Waals surface area (Å²) in [6.07, 6.45) is 1.38. The Bertz CT molecular complexity index is 488. The van der Waals surface area contributed by atoms with Crippen LogP contribution in [0, 0.1) is 0 Å². The first-order valence-electron chi connectivity index (χ1n) is 5.69. The maximum Gasteiger partial charge on any atom is 0.314 e. The number of fused-ring (bicyclic) bond motifs is 1. The minimum atomic E-state index is -0.754. The van der Waals surface area contributed by atoms with Crippen molar-refractivity contribution in [2.24, 2.45) is 0 Å². The molecule has 0 atom stereocenters. The number of ether oxygens (including phenoxy) is 2. The number of rotatable bonds is 3. The Kier molecular flexibility index (Phi) is 2.16. The fraction of sp³-hybridized carbons (Fsp3) is 0.462. The van der Waals surface area contributed by atoms with Crippen molar-refractivity contribution in [1.82, 2.24) is 0 Å². The minimum Gasteiger partial charge on any atom is -0.496 e. The van der Waals surface area contributed by atoms with E-state index in [0.717, 1.165) is 16.7 Å². The molecule has 0 spiro atoms. The number of carboxylic acids is 1. The molecule has 1 aromatic carbocycles. The molecule has 0 radical (unpaired) electrons. The molecule has 1 heterocycles. The van der Waals surface area contributed by atoms with Gasteiger partial charge in [0.1, 0.15) is 5.75 Å². The van der Waals surface area contributed by atoms with Gasteiger partial charge in [0.05, 0.1) is 25.7 Å². The molecule has 90 valence electrons. The van der Waals surface area contributed by atoms with Crippen LogP contribution >= 0.6 is 0 Å². The van der Waals surface area contributed by atoms with Gasteiger partial charge in [-0.2, -0.15) is 0 Å². The van der Waals surface area contributed by atoms with E-state index in [2.05, 4.69) is 0 Å². The summed E-state index contributed by atoms with van der Waals surface area (Å²) in [6.45, 7) is 1.07. The fourth-order valence-corrected chi connectivity index (χ4v) is 2.62. The molecular formula is C13H14O4. The van der Waals surface area contributed by atoms with E-state index >= 15 is 0 Å². The van der Waals surface area contributed by atoms with Crippen molar-refractivity contribution in [3.8, 4) is 5.75 Å². The molecule has 1 aliphatic heterocycles. The van der Waals surface area contributed by atoms with Crippen molar-refractivity contribution in [1.29, 1.82) is 0 Å². The summed E-state index contributed by atoms with van der Waals surface area (Å²) >= 11 is 0. The summed E-state index contributed by atoms with van der Waals surface area (Å²) < 4.78 is 10.7. The highest BCUT2D eigenvalue weighted by atomic mass is 16.5. The van der Waals surface area contributed by atoms with Gasteiger partial charge in [0.15, 0.2) is 0 Å². The molecule has 0 saturated heterocycles. The summed E-state index contributed by atoms with van der Waals surface area (Å²) in [4.78, 5) is 11.5. The lowest BCUT2D eigenvalue weighted by atomic mass is 9.88. The third-order valence-corrected chi connectivity index (χ3v) is 3.73. The van der Waals surface area contributed by atoms with Crippen molar-refractivity contribution in [2.75, 3.05) is 7.11 Å². The minimum absolute atomic E-state index is 0.497. The van der Waals surface area contributed by atoms with Crippen LogP contribution in [0.3, 0.4) is 0 Å². The van der Waals surface area contributed by atoms with Gasteiger partial charge in [-0.25, -0.2) is 0 Å². The number of hydrogen-bond donors (Lipinski definition) is 1. The molecule has 4 heteroatoms. The van der Waals surface area contributed by atoms with E-state index in [1.165, 1.54) is 0 Å². The molecule has 0 bridgehead atoms. The average Bonchev–Trinajstić information content (AvgIpc) is 2.99. The van der Waals surface area contributed by atoms with Crippen LogP contribution in [0.1, 0.15) is 29.5 Å². The van der Waals surface area contributed by atoms with E-state index < -0.39 is 11.4 Å². The van der Waals surface area contributed by atoms with Crippen LogP contribution in [0.2, 0.25) is 0 Å². The first-order valence-corrected chi connectivity index (χ1v) is 5.69. The molecule has 0 unspecified atom stereocenters. The first kappa shape index (κ1) is 10.6. The molecule has 17 heavy (non-hydrogen) atoms. The van der Waals surface area contributed by atoms with Gasteiger partial charge in [-0.15, -0.1) is 0 Å². The molecule has 1 aromatic rings. The van der Waals surface area contributed by atoms with Crippen LogP contribution in [0.4, 0.5) is 0 Å². The second-order valence-electron chi connectivity index (χ2n) is 4.66. The Morgan fingerprint density at radius 1 is 1.41 bits per heavy atom. The maximum absolute atomic E-state index is 11.5. The van der Waals surface area contributed by atoms with Crippen molar-refractivity contribution in [2.45, 2.75) is 31.5 Å². The first-order chi connectivity index (χ1) is 8.19. The number of carbonyl (C=O) groups is 1. The van der Waals surface area contributed by atoms with E-state index in [1.54, 1.807) is 7.11 Å². The number of methoxy groups -OCH3 is 1. The maximum atomic E-state index is 11.5. The molecular weight excluding hydrogens is 220 g/mol. The van der Waals surface area contributed by atoms with E-state index in [9.17, 15) is 9.90 Å². The largest absolute Gasteiger partial charge is 0.496 e. The number of aliphatic carboxylic acids is 1. The lowest BCUT2D eigenvalue weighted by Crippen LogP contribution is -2.22. The standard InChI is InChI=1S/C13H14O4/c1-16-10-3-2-8-6-17-7-9(8)11(10)13(4-5-13)12(14)15/h2-3H,4-7H2,1H3,(H,14,15). The Morgan fingerprint density at radius 3 is 2.76 bits per heavy atom. The summed E-state index contributed by atoms with van der Waals surface area (Å²) in [5.41, 5.74) is 2.21. The van der Waals surface area contributed by atoms with E-state index in [-0.39, 0.29) is 0 Å². The van der Waals surface area contributed by atoms with Gasteiger partial charge in [0.25, 0.3) is 0 Å². The lowest BCUT2D eigenvalue weighted by Gasteiger charge is -2.18. The van der Waals surface area contributed by atoms with Gasteiger partial charge in [0.2, 0.25) is 0 Å². The lowest BCUT2D eigenvalue weighted by molar-refractivity contribution is -0.140. The normalized spacial score (nSPS) is 19.8. The second-order valence-corrected chi connectivity index (χ2v) is 4.66. The average molecular weight is 234 g/mol. The third kappa shape index (κ3) is 1.37. The molecule has 4 nitrogen and oxygen atoms in total. The second kappa shape index (κ2) is 3.47. The molecule has 1 saturated carbocycles. The quantitative estimate of drug-likeness (QED) is 0.867. The highest BCUT2D eigenvalue weighted by Crippen LogP contribution is 2.54. The molecule has 1 aliphatic carbocycles. The molecule has 0 amide bonds. The smallest absolute Gasteiger partial charge is 0.314 e. The van der Waals surface area contributed by atoms with Gasteiger partial charge in [-0.3, -0.25) is 4.79 Å². The summed E-state index contributed by atoms with van der Waals surface area (Å²) in [5.74, 6) is -0.0785. The van der Waals surface area contributed by atoms with E-state index in [4.69, 9.17) is 9.47 Å². The zero-order valence-electron chi connectivity index (χ0n) is 9.66. The van der Waals surface area contributed by atoms with Crippen LogP contribution in [0.15, 0.2) is 12.1 Å². The van der Waals surface area contributed by atoms with Crippen LogP contribution in [0.25, 0.3) is 0 Å². The van der Waals surface area contributed by atoms with Crippen LogP contribution < -0.4 is 4.74 Å². The Balaban J connectivity index is 2.21. The predicted octanol–water partition coefficient (Wildman–Crippen LogP) is 1.84. The summed E-state index contributed by atoms with van der Waals surface area (Å²) in [7, 11) is 1.58. The van der Waals surface area contributed by atoms with Crippen molar-refractivity contribution in [3.63, 3.8) is 0 Å². The van der Waals surface area contributed by atoms with E-state index in [0.29, 0.717) is 31.8 Å². The summed E-state index contributed by atoms with van der Waals surface area (Å²) in [5, 5.41) is 9.41. The Morgan fingerprint density at radius 2 is 2.18 bits per heavy atom. The van der Waals surface area contributed by atoms with Gasteiger partial charge < -0.3 is 14.6 Å². The van der Waals surface area contributed by atoms with Crippen LogP contribution in [-0.4, -0.2) is 18.2 Å².